The minimum Gasteiger partial charge on any atom is -0.320 e. The minimum atomic E-state index is 1.10. The van der Waals surface area contributed by atoms with Gasteiger partial charge in [-0.05, 0) is 55.3 Å². The fraction of sp³-hybridized carbons (Fsp3) is 0.385. The van der Waals surface area contributed by atoms with Gasteiger partial charge in [-0.2, -0.15) is 0 Å². The van der Waals surface area contributed by atoms with Gasteiger partial charge in [-0.1, -0.05) is 18.2 Å². The number of rotatable bonds is 4. The quantitative estimate of drug-likeness (QED) is 0.777. The van der Waals surface area contributed by atoms with Crippen LogP contribution in [0.2, 0.25) is 0 Å². The van der Waals surface area contributed by atoms with E-state index in [-0.39, 0.29) is 0 Å². The highest BCUT2D eigenvalue weighted by Gasteiger charge is 2.04. The first-order chi connectivity index (χ1) is 7.33. The van der Waals surface area contributed by atoms with Crippen molar-refractivity contribution in [1.29, 1.82) is 0 Å². The number of aryl methyl sites for hydroxylation is 2. The largest absolute Gasteiger partial charge is 0.320 e. The molecule has 1 aromatic heterocycles. The molecule has 1 aromatic carbocycles. The van der Waals surface area contributed by atoms with Gasteiger partial charge in [0, 0.05) is 4.70 Å². The minimum absolute atomic E-state index is 1.10. The van der Waals surface area contributed by atoms with Crippen LogP contribution in [0.25, 0.3) is 10.1 Å². The van der Waals surface area contributed by atoms with Gasteiger partial charge in [-0.15, -0.1) is 11.3 Å². The summed E-state index contributed by atoms with van der Waals surface area (Å²) in [6, 6.07) is 6.66. The Hall–Kier alpha value is -0.860. The highest BCUT2D eigenvalue weighted by atomic mass is 32.1. The van der Waals surface area contributed by atoms with Gasteiger partial charge in [-0.25, -0.2) is 0 Å². The highest BCUT2D eigenvalue weighted by molar-refractivity contribution is 7.17. The Morgan fingerprint density at radius 1 is 1.33 bits per heavy atom. The van der Waals surface area contributed by atoms with Crippen molar-refractivity contribution in [2.45, 2.75) is 19.8 Å². The molecular weight excluding hydrogens is 202 g/mol. The van der Waals surface area contributed by atoms with Crippen molar-refractivity contribution < 1.29 is 0 Å². The third-order valence-electron chi connectivity index (χ3n) is 2.75. The van der Waals surface area contributed by atoms with Gasteiger partial charge in [0.25, 0.3) is 0 Å². The molecule has 0 spiro atoms. The summed E-state index contributed by atoms with van der Waals surface area (Å²) in [4.78, 5) is 0. The summed E-state index contributed by atoms with van der Waals surface area (Å²) in [5.74, 6) is 0. The summed E-state index contributed by atoms with van der Waals surface area (Å²) in [6.45, 7) is 3.29. The molecule has 0 saturated heterocycles. The van der Waals surface area contributed by atoms with Crippen LogP contribution in [0.3, 0.4) is 0 Å². The summed E-state index contributed by atoms with van der Waals surface area (Å²) >= 11 is 1.88. The highest BCUT2D eigenvalue weighted by Crippen LogP contribution is 2.29. The third kappa shape index (κ3) is 2.21. The number of benzene rings is 1. The van der Waals surface area contributed by atoms with E-state index >= 15 is 0 Å². The van der Waals surface area contributed by atoms with Crippen LogP contribution in [0.5, 0.6) is 0 Å². The number of fused-ring (bicyclic) bond motifs is 1. The Morgan fingerprint density at radius 2 is 2.20 bits per heavy atom. The molecule has 2 aromatic rings. The average molecular weight is 219 g/mol. The van der Waals surface area contributed by atoms with Crippen LogP contribution in [-0.4, -0.2) is 13.6 Å². The first-order valence-electron chi connectivity index (χ1n) is 5.43. The monoisotopic (exact) mass is 219 g/mol. The maximum atomic E-state index is 3.19. The molecular formula is C13H17NS. The van der Waals surface area contributed by atoms with Crippen molar-refractivity contribution in [1.82, 2.24) is 5.32 Å². The van der Waals surface area contributed by atoms with Crippen LogP contribution >= 0.6 is 11.3 Å². The van der Waals surface area contributed by atoms with E-state index in [2.05, 4.69) is 35.8 Å². The molecule has 0 unspecified atom stereocenters. The van der Waals surface area contributed by atoms with Crippen molar-refractivity contribution >= 4 is 21.4 Å². The lowest BCUT2D eigenvalue weighted by atomic mass is 10.1. The molecule has 0 aliphatic rings. The lowest BCUT2D eigenvalue weighted by Crippen LogP contribution is -2.08. The van der Waals surface area contributed by atoms with E-state index in [1.54, 1.807) is 0 Å². The zero-order valence-electron chi connectivity index (χ0n) is 9.34. The van der Waals surface area contributed by atoms with Crippen LogP contribution in [0.4, 0.5) is 0 Å². The Labute approximate surface area is 95.1 Å². The molecule has 0 atom stereocenters. The summed E-state index contributed by atoms with van der Waals surface area (Å²) in [5, 5.41) is 6.88. The van der Waals surface area contributed by atoms with E-state index in [1.807, 2.05) is 18.4 Å². The maximum absolute atomic E-state index is 3.19. The van der Waals surface area contributed by atoms with Gasteiger partial charge >= 0.3 is 0 Å². The molecule has 80 valence electrons. The van der Waals surface area contributed by atoms with Crippen LogP contribution in [0.1, 0.15) is 17.5 Å². The molecule has 1 heterocycles. The average Bonchev–Trinajstić information content (AvgIpc) is 2.62. The topological polar surface area (TPSA) is 12.0 Å². The third-order valence-corrected chi connectivity index (χ3v) is 3.94. The normalized spacial score (nSPS) is 11.1. The second-order valence-electron chi connectivity index (χ2n) is 3.92. The number of hydrogen-bond donors (Lipinski definition) is 1. The SMILES string of the molecule is CNCCCc1cccc2c(C)csc12. The molecule has 1 nitrogen and oxygen atoms in total. The molecule has 1 N–H and O–H groups in total. The molecule has 0 fully saturated rings. The molecule has 2 rings (SSSR count). The summed E-state index contributed by atoms with van der Waals surface area (Å²) < 4.78 is 1.48. The van der Waals surface area contributed by atoms with Crippen LogP contribution in [-0.2, 0) is 6.42 Å². The van der Waals surface area contributed by atoms with E-state index < -0.39 is 0 Å². The van der Waals surface area contributed by atoms with Crippen molar-refractivity contribution in [3.8, 4) is 0 Å². The van der Waals surface area contributed by atoms with Crippen LogP contribution in [0, 0.1) is 6.92 Å². The fourth-order valence-electron chi connectivity index (χ4n) is 1.90. The van der Waals surface area contributed by atoms with Gasteiger partial charge in [0.1, 0.15) is 0 Å². The van der Waals surface area contributed by atoms with Crippen LogP contribution in [0.15, 0.2) is 23.6 Å². The lowest BCUT2D eigenvalue weighted by molar-refractivity contribution is 0.727. The van der Waals surface area contributed by atoms with Gasteiger partial charge < -0.3 is 5.32 Å². The molecule has 0 aliphatic heterocycles. The summed E-state index contributed by atoms with van der Waals surface area (Å²) in [5.41, 5.74) is 2.91. The second kappa shape index (κ2) is 4.77. The molecule has 2 heteroatoms. The molecule has 0 bridgehead atoms. The van der Waals surface area contributed by atoms with Crippen LogP contribution < -0.4 is 5.32 Å². The lowest BCUT2D eigenvalue weighted by Gasteiger charge is -2.03. The molecule has 0 radical (unpaired) electrons. The van der Waals surface area contributed by atoms with Crippen molar-refractivity contribution in [3.05, 3.63) is 34.7 Å². The molecule has 0 amide bonds. The maximum Gasteiger partial charge on any atom is 0.0377 e. The standard InChI is InChI=1S/C13H17NS/c1-10-9-15-13-11(6-4-8-14-2)5-3-7-12(10)13/h3,5,7,9,14H,4,6,8H2,1-2H3. The molecule has 0 saturated carbocycles. The fourth-order valence-corrected chi connectivity index (χ4v) is 3.00. The van der Waals surface area contributed by atoms with E-state index in [0.29, 0.717) is 0 Å². The Kier molecular flexibility index (Phi) is 3.39. The Bertz CT molecular complexity index is 445. The summed E-state index contributed by atoms with van der Waals surface area (Å²) in [7, 11) is 2.01. The zero-order chi connectivity index (χ0) is 10.7. The molecule has 0 aliphatic carbocycles. The number of nitrogens with one attached hydrogen (secondary N) is 1. The van der Waals surface area contributed by atoms with E-state index in [0.717, 1.165) is 6.54 Å². The van der Waals surface area contributed by atoms with Crippen molar-refractivity contribution in [3.63, 3.8) is 0 Å². The van der Waals surface area contributed by atoms with E-state index in [4.69, 9.17) is 0 Å². The Balaban J connectivity index is 2.26. The predicted molar refractivity (Wildman–Crippen MR) is 68.8 cm³/mol. The smallest absolute Gasteiger partial charge is 0.0377 e. The zero-order valence-corrected chi connectivity index (χ0v) is 10.2. The van der Waals surface area contributed by atoms with E-state index in [1.165, 1.54) is 34.1 Å². The first-order valence-corrected chi connectivity index (χ1v) is 6.31. The van der Waals surface area contributed by atoms with Crippen molar-refractivity contribution in [2.24, 2.45) is 0 Å². The van der Waals surface area contributed by atoms with Crippen molar-refractivity contribution in [2.75, 3.05) is 13.6 Å². The van der Waals surface area contributed by atoms with Gasteiger partial charge in [0.15, 0.2) is 0 Å². The molecule has 15 heavy (non-hydrogen) atoms. The Morgan fingerprint density at radius 3 is 3.00 bits per heavy atom. The van der Waals surface area contributed by atoms with Gasteiger partial charge in [-0.3, -0.25) is 0 Å². The predicted octanol–water partition coefficient (Wildman–Crippen LogP) is 3.36. The summed E-state index contributed by atoms with van der Waals surface area (Å²) in [6.07, 6.45) is 2.39. The second-order valence-corrected chi connectivity index (χ2v) is 4.80. The first kappa shape index (κ1) is 10.7. The van der Waals surface area contributed by atoms with Gasteiger partial charge in [0.05, 0.1) is 0 Å². The number of hydrogen-bond acceptors (Lipinski definition) is 2. The van der Waals surface area contributed by atoms with Gasteiger partial charge in [0.2, 0.25) is 0 Å². The van der Waals surface area contributed by atoms with E-state index in [9.17, 15) is 0 Å². The number of thiophene rings is 1.